The van der Waals surface area contributed by atoms with Crippen LogP contribution in [0.2, 0.25) is 11.4 Å². The molecule has 1 aliphatic rings. The molecule has 0 fully saturated rings. The van der Waals surface area contributed by atoms with E-state index in [4.69, 9.17) is 13.8 Å². The number of methoxy groups -OCH3 is 1. The third kappa shape index (κ3) is 7.72. The summed E-state index contributed by atoms with van der Waals surface area (Å²) < 4.78 is 19.3. The molecule has 1 unspecified atom stereocenters. The number of phenolic OH excluding ortho intramolecular Hbond substituents is 1. The Kier molecular flexibility index (Phi) is 11.2. The Balaban J connectivity index is 1.55. The number of aromatic hydroxyl groups is 1. The van der Waals surface area contributed by atoms with Crippen molar-refractivity contribution in [3.8, 4) is 11.5 Å². The van der Waals surface area contributed by atoms with Crippen molar-refractivity contribution in [2.75, 3.05) is 13.7 Å². The number of rotatable bonds is 11. The Morgan fingerprint density at radius 1 is 1.09 bits per heavy atom. The molecule has 2 N–H and O–H groups in total. The van der Waals surface area contributed by atoms with Crippen LogP contribution in [0.3, 0.4) is 0 Å². The van der Waals surface area contributed by atoms with Gasteiger partial charge >= 0.3 is 7.12 Å². The summed E-state index contributed by atoms with van der Waals surface area (Å²) in [5.74, 6) is 0.600. The molecule has 0 amide bonds. The van der Waals surface area contributed by atoms with Crippen molar-refractivity contribution in [3.05, 3.63) is 111 Å². The molecule has 8 heteroatoms. The Hall–Kier alpha value is -2.63. The van der Waals surface area contributed by atoms with E-state index in [2.05, 4.69) is 118 Å². The molecule has 3 aromatic carbocycles. The molecule has 0 bridgehead atoms. The average Bonchev–Trinajstić information content (AvgIpc) is 2.98. The summed E-state index contributed by atoms with van der Waals surface area (Å²) >= 11 is 2.11. The van der Waals surface area contributed by atoms with Gasteiger partial charge in [0.15, 0.2) is 11.5 Å². The van der Waals surface area contributed by atoms with Gasteiger partial charge in [0, 0.05) is 6.32 Å². The van der Waals surface area contributed by atoms with Gasteiger partial charge in [-0.25, -0.2) is 0 Å². The van der Waals surface area contributed by atoms with Gasteiger partial charge in [0.2, 0.25) is 0 Å². The fraction of sp³-hybridized carbons (Fsp3) is 0.314. The highest BCUT2D eigenvalue weighted by atomic mass is 127. The number of allylic oxidation sites excluding steroid dienone is 2. The summed E-state index contributed by atoms with van der Waals surface area (Å²) in [6.45, 7) is 13.7. The standard InChI is InChI=1S/C35H42BIO5Si/c1-25(21-27-22-31(37)34(38)33(23-27)40-6)17-18-32-30(19-20-36(39)42-32)26(2)24-41-43(35(3,4)5,28-13-9-7-10-14-28)29-15-11-8-12-16-29/h7-16,19,21-23,32,38-39H,2,17-18,20,24H2,1,3-6H3/b25-21+. The Morgan fingerprint density at radius 2 is 1.70 bits per heavy atom. The predicted molar refractivity (Wildman–Crippen MR) is 189 cm³/mol. The molecule has 0 spiro atoms. The third-order valence-electron chi connectivity index (χ3n) is 7.98. The van der Waals surface area contributed by atoms with Crippen molar-refractivity contribution in [2.45, 2.75) is 58.0 Å². The fourth-order valence-corrected chi connectivity index (χ4v) is 11.0. The lowest BCUT2D eigenvalue weighted by atomic mass is 9.78. The molecule has 1 atom stereocenters. The van der Waals surface area contributed by atoms with Gasteiger partial charge in [0.05, 0.1) is 23.4 Å². The van der Waals surface area contributed by atoms with Crippen molar-refractivity contribution in [1.29, 1.82) is 0 Å². The zero-order chi connectivity index (χ0) is 31.2. The van der Waals surface area contributed by atoms with E-state index in [0.717, 1.165) is 32.3 Å². The smallest absolute Gasteiger partial charge is 0.458 e. The zero-order valence-corrected chi connectivity index (χ0v) is 28.9. The van der Waals surface area contributed by atoms with Crippen LogP contribution in [0.1, 0.15) is 46.1 Å². The molecule has 4 rings (SSSR count). The predicted octanol–water partition coefficient (Wildman–Crippen LogP) is 7.13. The summed E-state index contributed by atoms with van der Waals surface area (Å²) in [6.07, 6.45) is 5.73. The van der Waals surface area contributed by atoms with Crippen molar-refractivity contribution < 1.29 is 23.9 Å². The quantitative estimate of drug-likeness (QED) is 0.164. The maximum atomic E-state index is 10.4. The molecule has 0 saturated carbocycles. The number of ether oxygens (including phenoxy) is 1. The summed E-state index contributed by atoms with van der Waals surface area (Å²) in [7, 11) is -2.01. The SMILES string of the molecule is C=C(CO[Si](c1ccccc1)(c1ccccc1)C(C)(C)C)C1=CCB(O)OC1CC/C(C)=C/c1cc(I)c(O)c(OC)c1. The van der Waals surface area contributed by atoms with Crippen molar-refractivity contribution in [1.82, 2.24) is 0 Å². The minimum Gasteiger partial charge on any atom is -0.504 e. The number of benzene rings is 3. The van der Waals surface area contributed by atoms with E-state index in [1.54, 1.807) is 7.11 Å². The zero-order valence-electron chi connectivity index (χ0n) is 25.8. The molecule has 0 radical (unpaired) electrons. The van der Waals surface area contributed by atoms with Gasteiger partial charge in [-0.1, -0.05) is 106 Å². The molecule has 1 heterocycles. The molecular weight excluding hydrogens is 666 g/mol. The molecule has 43 heavy (non-hydrogen) atoms. The van der Waals surface area contributed by atoms with Crippen LogP contribution in [0.15, 0.2) is 102 Å². The maximum absolute atomic E-state index is 10.4. The largest absolute Gasteiger partial charge is 0.504 e. The molecular formula is C35H42BIO5Si. The molecule has 1 aliphatic heterocycles. The lowest BCUT2D eigenvalue weighted by molar-refractivity contribution is 0.181. The highest BCUT2D eigenvalue weighted by molar-refractivity contribution is 14.1. The van der Waals surface area contributed by atoms with Gasteiger partial charge < -0.3 is 23.9 Å². The van der Waals surface area contributed by atoms with Crippen molar-refractivity contribution in [2.24, 2.45) is 0 Å². The minimum absolute atomic E-state index is 0.139. The summed E-state index contributed by atoms with van der Waals surface area (Å²) in [4.78, 5) is 0. The molecule has 3 aromatic rings. The van der Waals surface area contributed by atoms with Gasteiger partial charge in [-0.05, 0) is 86.6 Å². The molecule has 226 valence electrons. The van der Waals surface area contributed by atoms with E-state index in [-0.39, 0.29) is 16.9 Å². The fourth-order valence-electron chi connectivity index (χ4n) is 5.86. The van der Waals surface area contributed by atoms with Gasteiger partial charge in [-0.2, -0.15) is 0 Å². The lowest BCUT2D eigenvalue weighted by Gasteiger charge is -2.43. The number of halogens is 1. The second-order valence-corrected chi connectivity index (χ2v) is 17.6. The number of phenols is 1. The first kappa shape index (κ1) is 33.3. The van der Waals surface area contributed by atoms with Crippen molar-refractivity contribution >= 4 is 54.5 Å². The van der Waals surface area contributed by atoms with E-state index >= 15 is 0 Å². The first-order chi connectivity index (χ1) is 20.5. The topological polar surface area (TPSA) is 68.2 Å². The third-order valence-corrected chi connectivity index (χ3v) is 13.8. The summed E-state index contributed by atoms with van der Waals surface area (Å²) in [6, 6.07) is 25.0. The average molecular weight is 709 g/mol. The van der Waals surface area contributed by atoms with Crippen LogP contribution >= 0.6 is 22.6 Å². The Bertz CT molecular complexity index is 1430. The number of hydrogen-bond donors (Lipinski definition) is 2. The first-order valence-corrected chi connectivity index (χ1v) is 17.7. The van der Waals surface area contributed by atoms with Gasteiger partial charge in [-0.3, -0.25) is 0 Å². The lowest BCUT2D eigenvalue weighted by Crippen LogP contribution is -2.66. The highest BCUT2D eigenvalue weighted by Gasteiger charge is 2.50. The molecule has 5 nitrogen and oxygen atoms in total. The van der Waals surface area contributed by atoms with E-state index in [1.807, 2.05) is 24.3 Å². The van der Waals surface area contributed by atoms with Gasteiger partial charge in [0.1, 0.15) is 0 Å². The molecule has 0 aliphatic carbocycles. The highest BCUT2D eigenvalue weighted by Crippen LogP contribution is 2.38. The molecule has 0 saturated heterocycles. The normalized spacial score (nSPS) is 16.2. The van der Waals surface area contributed by atoms with Crippen LogP contribution in [0.5, 0.6) is 11.5 Å². The van der Waals surface area contributed by atoms with Gasteiger partial charge in [-0.15, -0.1) is 0 Å². The second kappa shape index (κ2) is 14.4. The Labute approximate surface area is 271 Å². The van der Waals surface area contributed by atoms with E-state index in [1.165, 1.54) is 10.4 Å². The van der Waals surface area contributed by atoms with Crippen LogP contribution in [0, 0.1) is 3.57 Å². The van der Waals surface area contributed by atoms with Crippen LogP contribution in [0.4, 0.5) is 0 Å². The van der Waals surface area contributed by atoms with Crippen LogP contribution in [-0.2, 0) is 9.08 Å². The van der Waals surface area contributed by atoms with E-state index in [0.29, 0.717) is 25.1 Å². The van der Waals surface area contributed by atoms with Crippen molar-refractivity contribution in [3.63, 3.8) is 0 Å². The van der Waals surface area contributed by atoms with E-state index < -0.39 is 15.4 Å². The Morgan fingerprint density at radius 3 is 2.26 bits per heavy atom. The summed E-state index contributed by atoms with van der Waals surface area (Å²) in [5, 5.41) is 22.9. The van der Waals surface area contributed by atoms with E-state index in [9.17, 15) is 10.1 Å². The monoisotopic (exact) mass is 708 g/mol. The van der Waals surface area contributed by atoms with Crippen LogP contribution < -0.4 is 15.1 Å². The van der Waals surface area contributed by atoms with Gasteiger partial charge in [0.25, 0.3) is 8.32 Å². The first-order valence-electron chi connectivity index (χ1n) is 14.7. The van der Waals surface area contributed by atoms with Crippen LogP contribution in [0.25, 0.3) is 6.08 Å². The maximum Gasteiger partial charge on any atom is 0.458 e. The second-order valence-electron chi connectivity index (χ2n) is 12.1. The number of hydrogen-bond acceptors (Lipinski definition) is 5. The molecule has 0 aromatic heterocycles. The summed E-state index contributed by atoms with van der Waals surface area (Å²) in [5.41, 5.74) is 3.99. The minimum atomic E-state index is -2.72. The van der Waals surface area contributed by atoms with Crippen LogP contribution in [-0.4, -0.2) is 45.4 Å².